The molecule has 0 fully saturated rings. The molecule has 2 heterocycles. The monoisotopic (exact) mass is 490 g/mol. The first-order chi connectivity index (χ1) is 18.5. The molecule has 6 aromatic rings. The molecule has 0 amide bonds. The lowest BCUT2D eigenvalue weighted by Gasteiger charge is -2.20. The van der Waals surface area contributed by atoms with Crippen LogP contribution in [0, 0.1) is 27.7 Å². The standard InChI is InChI=1S/C36H30N2/c1-23-9-5-10-24(2)35(23)33-19-29(27-13-7-15-37-21-27)18-32-31(33)17-30(28-14-8-16-38-22-28)20-34(32)36-25(3)11-6-12-26(36)4/h5-22H,1-4H3. The second-order valence-corrected chi connectivity index (χ2v) is 10.2. The van der Waals surface area contributed by atoms with Crippen LogP contribution in [0.5, 0.6) is 0 Å². The Bertz CT molecular complexity index is 1610. The van der Waals surface area contributed by atoms with E-state index in [-0.39, 0.29) is 0 Å². The molecular weight excluding hydrogens is 460 g/mol. The lowest BCUT2D eigenvalue weighted by molar-refractivity contribution is 1.33. The summed E-state index contributed by atoms with van der Waals surface area (Å²) >= 11 is 0. The average molecular weight is 491 g/mol. The van der Waals surface area contributed by atoms with Crippen molar-refractivity contribution in [1.82, 2.24) is 9.97 Å². The maximum atomic E-state index is 4.43. The van der Waals surface area contributed by atoms with Crippen LogP contribution in [0.1, 0.15) is 22.3 Å². The maximum Gasteiger partial charge on any atom is 0.0346 e. The number of nitrogens with zero attached hydrogens (tertiary/aromatic N) is 2. The van der Waals surface area contributed by atoms with E-state index in [9.17, 15) is 0 Å². The van der Waals surface area contributed by atoms with Crippen LogP contribution in [0.2, 0.25) is 0 Å². The second-order valence-electron chi connectivity index (χ2n) is 10.2. The van der Waals surface area contributed by atoms with E-state index in [1.165, 1.54) is 66.4 Å². The Kier molecular flexibility index (Phi) is 6.09. The van der Waals surface area contributed by atoms with Crippen molar-refractivity contribution < 1.29 is 0 Å². The van der Waals surface area contributed by atoms with E-state index in [0.29, 0.717) is 0 Å². The zero-order valence-electron chi connectivity index (χ0n) is 22.3. The average Bonchev–Trinajstić information content (AvgIpc) is 2.93. The molecule has 0 unspecified atom stereocenters. The highest BCUT2D eigenvalue weighted by Gasteiger charge is 2.18. The summed E-state index contributed by atoms with van der Waals surface area (Å²) in [5.74, 6) is 0. The summed E-state index contributed by atoms with van der Waals surface area (Å²) in [6.45, 7) is 8.84. The number of aryl methyl sites for hydroxylation is 4. The molecule has 2 nitrogen and oxygen atoms in total. The SMILES string of the molecule is Cc1cccc(C)c1-c1cc(-c2cccnc2)cc2c(-c3c(C)cccc3C)cc(-c3cccnc3)cc12. The minimum atomic E-state index is 1.12. The van der Waals surface area contributed by atoms with Crippen molar-refractivity contribution >= 4 is 10.8 Å². The van der Waals surface area contributed by atoms with Gasteiger partial charge in [-0.25, -0.2) is 0 Å². The van der Waals surface area contributed by atoms with Crippen molar-refractivity contribution in [2.75, 3.05) is 0 Å². The summed E-state index contributed by atoms with van der Waals surface area (Å²) in [5.41, 5.74) is 14.7. The van der Waals surface area contributed by atoms with Crippen molar-refractivity contribution in [3.05, 3.63) is 132 Å². The van der Waals surface area contributed by atoms with Gasteiger partial charge in [0, 0.05) is 35.9 Å². The largest absolute Gasteiger partial charge is 0.264 e. The van der Waals surface area contributed by atoms with Crippen molar-refractivity contribution in [1.29, 1.82) is 0 Å². The summed E-state index contributed by atoms with van der Waals surface area (Å²) < 4.78 is 0. The number of aromatic nitrogens is 2. The quantitative estimate of drug-likeness (QED) is 0.246. The van der Waals surface area contributed by atoms with Gasteiger partial charge in [-0.15, -0.1) is 0 Å². The van der Waals surface area contributed by atoms with E-state index in [1.54, 1.807) is 0 Å². The predicted molar refractivity (Wildman–Crippen MR) is 160 cm³/mol. The van der Waals surface area contributed by atoms with Gasteiger partial charge in [-0.3, -0.25) is 9.97 Å². The highest BCUT2D eigenvalue weighted by atomic mass is 14.6. The van der Waals surface area contributed by atoms with E-state index in [2.05, 4.69) is 110 Å². The van der Waals surface area contributed by atoms with Gasteiger partial charge in [-0.2, -0.15) is 0 Å². The number of benzene rings is 4. The first kappa shape index (κ1) is 23.8. The van der Waals surface area contributed by atoms with Gasteiger partial charge >= 0.3 is 0 Å². The van der Waals surface area contributed by atoms with Crippen molar-refractivity contribution in [2.45, 2.75) is 27.7 Å². The molecule has 2 aromatic heterocycles. The van der Waals surface area contributed by atoms with Crippen LogP contribution in [0.4, 0.5) is 0 Å². The Morgan fingerprint density at radius 2 is 0.816 bits per heavy atom. The Balaban J connectivity index is 1.81. The fraction of sp³-hybridized carbons (Fsp3) is 0.111. The maximum absolute atomic E-state index is 4.43. The highest BCUT2D eigenvalue weighted by Crippen LogP contribution is 2.44. The van der Waals surface area contributed by atoms with Crippen LogP contribution in [0.25, 0.3) is 55.3 Å². The third kappa shape index (κ3) is 4.18. The number of hydrogen-bond donors (Lipinski definition) is 0. The molecular formula is C36H30N2. The molecule has 0 aliphatic heterocycles. The summed E-state index contributed by atoms with van der Waals surface area (Å²) in [5, 5.41) is 2.49. The third-order valence-corrected chi connectivity index (χ3v) is 7.56. The Hall–Kier alpha value is -4.56. The zero-order chi connectivity index (χ0) is 26.2. The predicted octanol–water partition coefficient (Wildman–Crippen LogP) is 9.53. The molecule has 0 aliphatic carbocycles. The lowest BCUT2D eigenvalue weighted by atomic mass is 9.83. The number of fused-ring (bicyclic) bond motifs is 1. The Morgan fingerprint density at radius 3 is 1.16 bits per heavy atom. The molecule has 38 heavy (non-hydrogen) atoms. The van der Waals surface area contributed by atoms with Gasteiger partial charge in [0.1, 0.15) is 0 Å². The van der Waals surface area contributed by atoms with E-state index in [4.69, 9.17) is 0 Å². The van der Waals surface area contributed by atoms with Crippen LogP contribution >= 0.6 is 0 Å². The van der Waals surface area contributed by atoms with Gasteiger partial charge in [0.2, 0.25) is 0 Å². The molecule has 0 bridgehead atoms. The molecule has 0 aliphatic rings. The summed E-state index contributed by atoms with van der Waals surface area (Å²) in [6.07, 6.45) is 7.58. The molecule has 0 spiro atoms. The van der Waals surface area contributed by atoms with Crippen LogP contribution < -0.4 is 0 Å². The van der Waals surface area contributed by atoms with Gasteiger partial charge in [-0.05, 0) is 131 Å². The second kappa shape index (κ2) is 9.72. The third-order valence-electron chi connectivity index (χ3n) is 7.56. The Morgan fingerprint density at radius 1 is 0.421 bits per heavy atom. The molecule has 184 valence electrons. The summed E-state index contributed by atoms with van der Waals surface area (Å²) in [4.78, 5) is 8.87. The smallest absolute Gasteiger partial charge is 0.0346 e. The molecule has 4 aromatic carbocycles. The Labute approximate surface area is 224 Å². The number of rotatable bonds is 4. The normalized spacial score (nSPS) is 11.2. The molecule has 0 N–H and O–H groups in total. The fourth-order valence-corrected chi connectivity index (χ4v) is 5.75. The van der Waals surface area contributed by atoms with E-state index >= 15 is 0 Å². The summed E-state index contributed by atoms with van der Waals surface area (Å²) in [7, 11) is 0. The molecule has 0 radical (unpaired) electrons. The van der Waals surface area contributed by atoms with Crippen LogP contribution in [0.3, 0.4) is 0 Å². The lowest BCUT2D eigenvalue weighted by Crippen LogP contribution is -1.95. The molecule has 0 saturated carbocycles. The van der Waals surface area contributed by atoms with Crippen LogP contribution in [0.15, 0.2) is 110 Å². The van der Waals surface area contributed by atoms with E-state index in [0.717, 1.165) is 11.1 Å². The molecule has 2 heteroatoms. The molecule has 0 atom stereocenters. The number of hydrogen-bond acceptors (Lipinski definition) is 2. The fourth-order valence-electron chi connectivity index (χ4n) is 5.75. The highest BCUT2D eigenvalue weighted by molar-refractivity contribution is 6.10. The van der Waals surface area contributed by atoms with Gasteiger partial charge in [0.05, 0.1) is 0 Å². The van der Waals surface area contributed by atoms with E-state index < -0.39 is 0 Å². The van der Waals surface area contributed by atoms with Gasteiger partial charge < -0.3 is 0 Å². The van der Waals surface area contributed by atoms with Gasteiger partial charge in [0.15, 0.2) is 0 Å². The summed E-state index contributed by atoms with van der Waals surface area (Å²) in [6, 6.07) is 30.8. The van der Waals surface area contributed by atoms with Crippen molar-refractivity contribution in [3.8, 4) is 44.5 Å². The minimum absolute atomic E-state index is 1.12. The molecule has 0 saturated heterocycles. The van der Waals surface area contributed by atoms with Crippen molar-refractivity contribution in [3.63, 3.8) is 0 Å². The van der Waals surface area contributed by atoms with Crippen LogP contribution in [-0.4, -0.2) is 9.97 Å². The molecule has 6 rings (SSSR count). The van der Waals surface area contributed by atoms with Gasteiger partial charge in [0.25, 0.3) is 0 Å². The first-order valence-electron chi connectivity index (χ1n) is 13.1. The number of pyridine rings is 2. The zero-order valence-corrected chi connectivity index (χ0v) is 22.3. The van der Waals surface area contributed by atoms with Gasteiger partial charge in [-0.1, -0.05) is 48.5 Å². The first-order valence-corrected chi connectivity index (χ1v) is 13.1. The van der Waals surface area contributed by atoms with Crippen LogP contribution in [-0.2, 0) is 0 Å². The van der Waals surface area contributed by atoms with Crippen molar-refractivity contribution in [2.24, 2.45) is 0 Å². The van der Waals surface area contributed by atoms with E-state index in [1.807, 2.05) is 36.9 Å². The topological polar surface area (TPSA) is 25.8 Å². The minimum Gasteiger partial charge on any atom is -0.264 e.